The fraction of sp³-hybridized carbons (Fsp3) is 0. The van der Waals surface area contributed by atoms with Crippen molar-refractivity contribution in [3.63, 3.8) is 0 Å². The Morgan fingerprint density at radius 2 is 2.16 bits per heavy atom. The zero-order valence-electron chi connectivity index (χ0n) is 9.46. The van der Waals surface area contributed by atoms with Gasteiger partial charge in [0, 0.05) is 5.69 Å². The molecule has 94 valence electrons. The number of nitrogens with zero attached hydrogens (tertiary/aromatic N) is 3. The molecule has 6 nitrogen and oxygen atoms in total. The molecular weight excluding hydrogens is 268 g/mol. The van der Waals surface area contributed by atoms with Crippen molar-refractivity contribution in [2.45, 2.75) is 0 Å². The zero-order valence-corrected chi connectivity index (χ0v) is 10.2. The summed E-state index contributed by atoms with van der Waals surface area (Å²) in [5.74, 6) is -0.659. The monoisotopic (exact) mass is 274 g/mol. The lowest BCUT2D eigenvalue weighted by Gasteiger charge is -2.06. The third kappa shape index (κ3) is 2.97. The summed E-state index contributed by atoms with van der Waals surface area (Å²) < 4.78 is 0. The molecule has 1 heterocycles. The highest BCUT2D eigenvalue weighted by Crippen LogP contribution is 2.22. The van der Waals surface area contributed by atoms with Gasteiger partial charge in [0.2, 0.25) is 0 Å². The summed E-state index contributed by atoms with van der Waals surface area (Å²) in [7, 11) is 0. The Morgan fingerprint density at radius 1 is 1.37 bits per heavy atom. The number of carboxylic acids is 1. The third-order valence-corrected chi connectivity index (χ3v) is 2.55. The van der Waals surface area contributed by atoms with E-state index in [0.717, 1.165) is 0 Å². The SMILES string of the molecule is N#Cc1cnc(Nc2ccc(C(=O)O)c(Cl)c2)cn1. The van der Waals surface area contributed by atoms with E-state index in [1.807, 2.05) is 6.07 Å². The number of aromatic nitrogens is 2. The van der Waals surface area contributed by atoms with Gasteiger partial charge in [-0.05, 0) is 18.2 Å². The maximum absolute atomic E-state index is 10.8. The number of halogens is 1. The second-order valence-corrected chi connectivity index (χ2v) is 3.93. The van der Waals surface area contributed by atoms with E-state index in [4.69, 9.17) is 22.0 Å². The van der Waals surface area contributed by atoms with Gasteiger partial charge in [-0.1, -0.05) is 11.6 Å². The van der Waals surface area contributed by atoms with Gasteiger partial charge in [0.05, 0.1) is 23.0 Å². The first kappa shape index (κ1) is 12.8. The molecule has 2 N–H and O–H groups in total. The molecule has 0 aliphatic carbocycles. The van der Waals surface area contributed by atoms with Crippen LogP contribution in [0.2, 0.25) is 5.02 Å². The predicted molar refractivity (Wildman–Crippen MR) is 68.4 cm³/mol. The van der Waals surface area contributed by atoms with Crippen LogP contribution in [0.15, 0.2) is 30.6 Å². The highest BCUT2D eigenvalue weighted by molar-refractivity contribution is 6.33. The molecule has 0 bridgehead atoms. The molecule has 0 aliphatic rings. The van der Waals surface area contributed by atoms with Gasteiger partial charge < -0.3 is 10.4 Å². The van der Waals surface area contributed by atoms with Gasteiger partial charge >= 0.3 is 5.97 Å². The quantitative estimate of drug-likeness (QED) is 0.892. The van der Waals surface area contributed by atoms with Gasteiger partial charge in [0.25, 0.3) is 0 Å². The van der Waals surface area contributed by atoms with Gasteiger partial charge in [0.15, 0.2) is 5.69 Å². The van der Waals surface area contributed by atoms with Crippen molar-refractivity contribution in [3.8, 4) is 6.07 Å². The summed E-state index contributed by atoms with van der Waals surface area (Å²) in [6, 6.07) is 6.29. The van der Waals surface area contributed by atoms with Crippen molar-refractivity contribution in [1.82, 2.24) is 9.97 Å². The topological polar surface area (TPSA) is 98.9 Å². The molecule has 7 heteroatoms. The lowest BCUT2D eigenvalue weighted by Crippen LogP contribution is -1.99. The normalized spacial score (nSPS) is 9.68. The third-order valence-electron chi connectivity index (χ3n) is 2.24. The minimum atomic E-state index is -1.09. The van der Waals surface area contributed by atoms with Crippen molar-refractivity contribution in [3.05, 3.63) is 46.9 Å². The van der Waals surface area contributed by atoms with E-state index in [-0.39, 0.29) is 16.3 Å². The maximum Gasteiger partial charge on any atom is 0.337 e. The molecule has 0 spiro atoms. The van der Waals surface area contributed by atoms with Crippen LogP contribution in [0.25, 0.3) is 0 Å². The summed E-state index contributed by atoms with van der Waals surface area (Å²) in [5, 5.41) is 20.5. The number of benzene rings is 1. The summed E-state index contributed by atoms with van der Waals surface area (Å²) in [5.41, 5.74) is 0.817. The van der Waals surface area contributed by atoms with Gasteiger partial charge in [-0.25, -0.2) is 14.8 Å². The van der Waals surface area contributed by atoms with Gasteiger partial charge in [0.1, 0.15) is 11.9 Å². The summed E-state index contributed by atoms with van der Waals surface area (Å²) in [6.07, 6.45) is 2.73. The van der Waals surface area contributed by atoms with Crippen LogP contribution in [-0.4, -0.2) is 21.0 Å². The maximum atomic E-state index is 10.8. The number of hydrogen-bond acceptors (Lipinski definition) is 5. The number of nitriles is 1. The number of nitrogens with one attached hydrogen (secondary N) is 1. The molecule has 1 aromatic carbocycles. The van der Waals surface area contributed by atoms with Crippen molar-refractivity contribution in [1.29, 1.82) is 5.26 Å². The molecule has 0 unspecified atom stereocenters. The van der Waals surface area contributed by atoms with Crippen LogP contribution < -0.4 is 5.32 Å². The summed E-state index contributed by atoms with van der Waals surface area (Å²) in [6.45, 7) is 0. The van der Waals surface area contributed by atoms with Crippen LogP contribution in [0, 0.1) is 11.3 Å². The fourth-order valence-electron chi connectivity index (χ4n) is 1.36. The van der Waals surface area contributed by atoms with E-state index < -0.39 is 5.97 Å². The first-order chi connectivity index (χ1) is 9.10. The van der Waals surface area contributed by atoms with Gasteiger partial charge in [-0.3, -0.25) is 0 Å². The van der Waals surface area contributed by atoms with Crippen LogP contribution in [0.5, 0.6) is 0 Å². The lowest BCUT2D eigenvalue weighted by molar-refractivity contribution is 0.0697. The summed E-state index contributed by atoms with van der Waals surface area (Å²) >= 11 is 5.84. The van der Waals surface area contributed by atoms with Crippen molar-refractivity contribution >= 4 is 29.1 Å². The molecule has 2 rings (SSSR count). The van der Waals surface area contributed by atoms with E-state index in [9.17, 15) is 4.79 Å². The molecule has 0 saturated carbocycles. The number of rotatable bonds is 3. The molecule has 1 aromatic heterocycles. The molecule has 0 atom stereocenters. The van der Waals surface area contributed by atoms with E-state index in [1.165, 1.54) is 24.5 Å². The van der Waals surface area contributed by atoms with Crippen molar-refractivity contribution < 1.29 is 9.90 Å². The Labute approximate surface area is 113 Å². The molecular formula is C12H7ClN4O2. The minimum Gasteiger partial charge on any atom is -0.478 e. The standard InChI is InChI=1S/C12H7ClN4O2/c13-10-3-7(1-2-9(10)12(18)19)17-11-6-15-8(4-14)5-16-11/h1-3,5-6H,(H,16,17)(H,18,19). The van der Waals surface area contributed by atoms with Crippen LogP contribution in [-0.2, 0) is 0 Å². The minimum absolute atomic E-state index is 0.0260. The van der Waals surface area contributed by atoms with E-state index in [2.05, 4.69) is 15.3 Å². The molecule has 0 fully saturated rings. The largest absolute Gasteiger partial charge is 0.478 e. The molecule has 2 aromatic rings. The molecule has 0 radical (unpaired) electrons. The Kier molecular flexibility index (Phi) is 3.59. The Hall–Kier alpha value is -2.65. The van der Waals surface area contributed by atoms with Crippen LogP contribution in [0.1, 0.15) is 16.1 Å². The van der Waals surface area contributed by atoms with Crippen molar-refractivity contribution in [2.75, 3.05) is 5.32 Å². The first-order valence-electron chi connectivity index (χ1n) is 5.12. The number of carboxylic acid groups (broad SMARTS) is 1. The smallest absolute Gasteiger partial charge is 0.337 e. The van der Waals surface area contributed by atoms with E-state index >= 15 is 0 Å². The second-order valence-electron chi connectivity index (χ2n) is 3.52. The van der Waals surface area contributed by atoms with Crippen LogP contribution in [0.4, 0.5) is 11.5 Å². The second kappa shape index (κ2) is 5.33. The van der Waals surface area contributed by atoms with Crippen molar-refractivity contribution in [2.24, 2.45) is 0 Å². The molecule has 0 aliphatic heterocycles. The Balaban J connectivity index is 2.21. The highest BCUT2D eigenvalue weighted by atomic mass is 35.5. The number of hydrogen-bond donors (Lipinski definition) is 2. The summed E-state index contributed by atoms with van der Waals surface area (Å²) in [4.78, 5) is 18.6. The average molecular weight is 275 g/mol. The molecule has 19 heavy (non-hydrogen) atoms. The Morgan fingerprint density at radius 3 is 2.68 bits per heavy atom. The lowest BCUT2D eigenvalue weighted by atomic mass is 10.2. The van der Waals surface area contributed by atoms with Gasteiger partial charge in [-0.2, -0.15) is 5.26 Å². The highest BCUT2D eigenvalue weighted by Gasteiger charge is 2.09. The predicted octanol–water partition coefficient (Wildman–Crippen LogP) is 2.44. The van der Waals surface area contributed by atoms with E-state index in [1.54, 1.807) is 6.07 Å². The van der Waals surface area contributed by atoms with Crippen LogP contribution >= 0.6 is 11.6 Å². The molecule has 0 saturated heterocycles. The first-order valence-corrected chi connectivity index (χ1v) is 5.50. The number of aromatic carboxylic acids is 1. The Bertz CT molecular complexity index is 664. The fourth-order valence-corrected chi connectivity index (χ4v) is 1.63. The van der Waals surface area contributed by atoms with Gasteiger partial charge in [-0.15, -0.1) is 0 Å². The molecule has 0 amide bonds. The average Bonchev–Trinajstić information content (AvgIpc) is 2.39. The zero-order chi connectivity index (χ0) is 13.8. The number of anilines is 2. The number of carbonyl (C=O) groups is 1. The van der Waals surface area contributed by atoms with Crippen LogP contribution in [0.3, 0.4) is 0 Å². The van der Waals surface area contributed by atoms with E-state index in [0.29, 0.717) is 11.5 Å².